The van der Waals surface area contributed by atoms with E-state index in [2.05, 4.69) is 18.3 Å². The molecular weight excluding hydrogens is 326 g/mol. The Morgan fingerprint density at radius 3 is 2.85 bits per heavy atom. The first kappa shape index (κ1) is 20.5. The Balaban J connectivity index is 1.91. The van der Waals surface area contributed by atoms with Gasteiger partial charge in [-0.3, -0.25) is 4.79 Å². The second-order valence-corrected chi connectivity index (χ2v) is 6.78. The molecule has 1 amide bonds. The maximum atomic E-state index is 12.5. The van der Waals surface area contributed by atoms with Gasteiger partial charge in [-0.1, -0.05) is 25.0 Å². The number of nitrogens with one attached hydrogen (secondary N) is 1. The molecule has 1 aliphatic carbocycles. The van der Waals surface area contributed by atoms with Crippen LogP contribution in [0.5, 0.6) is 5.75 Å². The predicted molar refractivity (Wildman–Crippen MR) is 106 cm³/mol. The second-order valence-electron chi connectivity index (χ2n) is 6.78. The fourth-order valence-corrected chi connectivity index (χ4v) is 3.13. The van der Waals surface area contributed by atoms with Gasteiger partial charge in [0.1, 0.15) is 5.75 Å². The molecule has 0 unspecified atom stereocenters. The van der Waals surface area contributed by atoms with Crippen molar-refractivity contribution in [2.45, 2.75) is 65.4 Å². The Kier molecular flexibility index (Phi) is 9.26. The van der Waals surface area contributed by atoms with Crippen molar-refractivity contribution < 1.29 is 14.3 Å². The number of amides is 1. The number of benzene rings is 1. The summed E-state index contributed by atoms with van der Waals surface area (Å²) in [7, 11) is 0. The van der Waals surface area contributed by atoms with Gasteiger partial charge in [-0.25, -0.2) is 0 Å². The molecule has 0 aliphatic heterocycles. The Hall–Kier alpha value is -1.81. The van der Waals surface area contributed by atoms with E-state index in [0.29, 0.717) is 25.3 Å². The standard InChI is InChI=1S/C22H33NO3/c1-3-5-15-25-17-20-16-19(11-12-21(20)26-4-2)22(24)23-14-13-18-9-7-6-8-10-18/h9,11-12,16H,3-8,10,13-15,17H2,1-2H3,(H,23,24). The van der Waals surface area contributed by atoms with Crippen LogP contribution >= 0.6 is 0 Å². The van der Waals surface area contributed by atoms with Gasteiger partial charge in [0.25, 0.3) is 5.91 Å². The smallest absolute Gasteiger partial charge is 0.251 e. The zero-order chi connectivity index (χ0) is 18.6. The van der Waals surface area contributed by atoms with Gasteiger partial charge < -0.3 is 14.8 Å². The van der Waals surface area contributed by atoms with E-state index in [4.69, 9.17) is 9.47 Å². The molecule has 0 atom stereocenters. The summed E-state index contributed by atoms with van der Waals surface area (Å²) in [6, 6.07) is 5.60. The molecule has 1 aliphatic rings. The number of allylic oxidation sites excluding steroid dienone is 1. The van der Waals surface area contributed by atoms with Crippen LogP contribution in [0.4, 0.5) is 0 Å². The molecule has 1 aromatic rings. The first-order valence-electron chi connectivity index (χ1n) is 10.0. The lowest BCUT2D eigenvalue weighted by Crippen LogP contribution is -2.25. The van der Waals surface area contributed by atoms with Crippen LogP contribution in [-0.4, -0.2) is 25.7 Å². The third kappa shape index (κ3) is 6.83. The molecule has 0 heterocycles. The minimum Gasteiger partial charge on any atom is -0.494 e. The van der Waals surface area contributed by atoms with Crippen molar-refractivity contribution in [2.24, 2.45) is 0 Å². The average molecular weight is 360 g/mol. The maximum Gasteiger partial charge on any atom is 0.251 e. The van der Waals surface area contributed by atoms with Crippen LogP contribution in [0.25, 0.3) is 0 Å². The van der Waals surface area contributed by atoms with Crippen molar-refractivity contribution in [1.29, 1.82) is 0 Å². The molecule has 0 spiro atoms. The average Bonchev–Trinajstić information content (AvgIpc) is 2.67. The van der Waals surface area contributed by atoms with Crippen molar-refractivity contribution in [2.75, 3.05) is 19.8 Å². The molecule has 4 heteroatoms. The molecule has 0 bridgehead atoms. The van der Waals surface area contributed by atoms with Gasteiger partial charge in [-0.05, 0) is 63.6 Å². The van der Waals surface area contributed by atoms with Crippen LogP contribution in [0.2, 0.25) is 0 Å². The summed E-state index contributed by atoms with van der Waals surface area (Å²) in [5.41, 5.74) is 3.08. The Morgan fingerprint density at radius 1 is 1.23 bits per heavy atom. The first-order chi connectivity index (χ1) is 12.7. The summed E-state index contributed by atoms with van der Waals surface area (Å²) in [4.78, 5) is 12.5. The van der Waals surface area contributed by atoms with E-state index in [9.17, 15) is 4.79 Å². The van der Waals surface area contributed by atoms with Crippen LogP contribution in [0.3, 0.4) is 0 Å². The summed E-state index contributed by atoms with van der Waals surface area (Å²) < 4.78 is 11.4. The highest BCUT2D eigenvalue weighted by Gasteiger charge is 2.11. The van der Waals surface area contributed by atoms with E-state index in [0.717, 1.165) is 37.2 Å². The number of carbonyl (C=O) groups excluding carboxylic acids is 1. The van der Waals surface area contributed by atoms with Crippen molar-refractivity contribution in [3.63, 3.8) is 0 Å². The molecule has 1 aromatic carbocycles. The van der Waals surface area contributed by atoms with Crippen LogP contribution < -0.4 is 10.1 Å². The van der Waals surface area contributed by atoms with Crippen molar-refractivity contribution in [3.8, 4) is 5.75 Å². The third-order valence-electron chi connectivity index (χ3n) is 4.64. The molecular formula is C22H33NO3. The Labute approximate surface area is 158 Å². The van der Waals surface area contributed by atoms with Crippen LogP contribution in [0.1, 0.15) is 74.7 Å². The summed E-state index contributed by atoms with van der Waals surface area (Å²) >= 11 is 0. The molecule has 0 aromatic heterocycles. The predicted octanol–water partition coefficient (Wildman–Crippen LogP) is 5.02. The monoisotopic (exact) mass is 359 g/mol. The molecule has 2 rings (SSSR count). The highest BCUT2D eigenvalue weighted by atomic mass is 16.5. The zero-order valence-electron chi connectivity index (χ0n) is 16.3. The fourth-order valence-electron chi connectivity index (χ4n) is 3.13. The molecule has 0 radical (unpaired) electrons. The Bertz CT molecular complexity index is 595. The lowest BCUT2D eigenvalue weighted by atomic mass is 9.97. The number of carbonyl (C=O) groups is 1. The lowest BCUT2D eigenvalue weighted by molar-refractivity contribution is 0.0953. The van der Waals surface area contributed by atoms with Crippen LogP contribution in [0.15, 0.2) is 29.8 Å². The summed E-state index contributed by atoms with van der Waals surface area (Å²) in [6.07, 6.45) is 10.4. The van der Waals surface area contributed by atoms with Crippen molar-refractivity contribution in [1.82, 2.24) is 5.32 Å². The fraction of sp³-hybridized carbons (Fsp3) is 0.591. The maximum absolute atomic E-state index is 12.5. The largest absolute Gasteiger partial charge is 0.494 e. The SMILES string of the molecule is CCCCOCc1cc(C(=O)NCCC2=CCCCC2)ccc1OCC. The van der Waals surface area contributed by atoms with Crippen molar-refractivity contribution >= 4 is 5.91 Å². The molecule has 144 valence electrons. The van der Waals surface area contributed by atoms with Crippen molar-refractivity contribution in [3.05, 3.63) is 41.0 Å². The lowest BCUT2D eigenvalue weighted by Gasteiger charge is -2.14. The Morgan fingerprint density at radius 2 is 2.12 bits per heavy atom. The number of ether oxygens (including phenoxy) is 2. The van der Waals surface area contributed by atoms with Gasteiger partial charge in [-0.2, -0.15) is 0 Å². The topological polar surface area (TPSA) is 47.6 Å². The first-order valence-corrected chi connectivity index (χ1v) is 10.0. The van der Waals surface area contributed by atoms with E-state index in [1.54, 1.807) is 0 Å². The number of hydrogen-bond donors (Lipinski definition) is 1. The number of hydrogen-bond acceptors (Lipinski definition) is 3. The van der Waals surface area contributed by atoms with Gasteiger partial charge >= 0.3 is 0 Å². The highest BCUT2D eigenvalue weighted by molar-refractivity contribution is 5.94. The van der Waals surface area contributed by atoms with Gasteiger partial charge in [0.2, 0.25) is 0 Å². The second kappa shape index (κ2) is 11.7. The van der Waals surface area contributed by atoms with Gasteiger partial charge in [0.05, 0.1) is 13.2 Å². The minimum atomic E-state index is -0.0285. The summed E-state index contributed by atoms with van der Waals surface area (Å²) in [5.74, 6) is 0.771. The third-order valence-corrected chi connectivity index (χ3v) is 4.64. The van der Waals surface area contributed by atoms with Gasteiger partial charge in [0, 0.05) is 24.3 Å². The summed E-state index contributed by atoms with van der Waals surface area (Å²) in [6.45, 7) is 6.60. The number of rotatable bonds is 11. The molecule has 0 fully saturated rings. The van der Waals surface area contributed by atoms with Crippen LogP contribution in [0, 0.1) is 0 Å². The highest BCUT2D eigenvalue weighted by Crippen LogP contribution is 2.22. The van der Waals surface area contributed by atoms with E-state index in [-0.39, 0.29) is 5.91 Å². The van der Waals surface area contributed by atoms with E-state index in [1.165, 1.54) is 31.3 Å². The van der Waals surface area contributed by atoms with Gasteiger partial charge in [-0.15, -0.1) is 0 Å². The molecule has 0 saturated heterocycles. The minimum absolute atomic E-state index is 0.0285. The summed E-state index contributed by atoms with van der Waals surface area (Å²) in [5, 5.41) is 3.04. The normalized spacial score (nSPS) is 14.0. The molecule has 26 heavy (non-hydrogen) atoms. The zero-order valence-corrected chi connectivity index (χ0v) is 16.3. The van der Waals surface area contributed by atoms with Crippen LogP contribution in [-0.2, 0) is 11.3 Å². The van der Waals surface area contributed by atoms with E-state index >= 15 is 0 Å². The number of unbranched alkanes of at least 4 members (excludes halogenated alkanes) is 1. The molecule has 0 saturated carbocycles. The van der Waals surface area contributed by atoms with Gasteiger partial charge in [0.15, 0.2) is 0 Å². The van der Waals surface area contributed by atoms with E-state index in [1.807, 2.05) is 25.1 Å². The molecule has 4 nitrogen and oxygen atoms in total. The van der Waals surface area contributed by atoms with E-state index < -0.39 is 0 Å². The quantitative estimate of drug-likeness (QED) is 0.446. The molecule has 1 N–H and O–H groups in total.